The highest BCUT2D eigenvalue weighted by Gasteiger charge is 2.22. The monoisotopic (exact) mass is 461 g/mol. The summed E-state index contributed by atoms with van der Waals surface area (Å²) in [6.45, 7) is 18.2. The Bertz CT molecular complexity index is 499. The second-order valence-corrected chi connectivity index (χ2v) is 8.38. The average molecular weight is 462 g/mol. The SMILES string of the molecule is CC.CC(O)CC(=O)NC(CCN)C(=O)C(C)C.CNCCN(CC(C)C)C(C)C(N)=O. The number of carbonyl (C=O) groups excluding carboxylic acids is 3. The third-order valence-corrected chi connectivity index (χ3v) is 4.39. The molecule has 0 aliphatic heterocycles. The van der Waals surface area contributed by atoms with Crippen molar-refractivity contribution in [2.45, 2.75) is 86.4 Å². The van der Waals surface area contributed by atoms with Crippen LogP contribution in [0.4, 0.5) is 0 Å². The molecule has 0 saturated carbocycles. The summed E-state index contributed by atoms with van der Waals surface area (Å²) in [6, 6.07) is -0.706. The molecule has 0 aliphatic carbocycles. The number of nitrogens with two attached hydrogens (primary N) is 2. The van der Waals surface area contributed by atoms with Crippen molar-refractivity contribution in [2.24, 2.45) is 23.3 Å². The largest absolute Gasteiger partial charge is 0.393 e. The maximum Gasteiger partial charge on any atom is 0.234 e. The van der Waals surface area contributed by atoms with Gasteiger partial charge in [-0.2, -0.15) is 0 Å². The summed E-state index contributed by atoms with van der Waals surface area (Å²) in [5, 5.41) is 14.7. The number of nitrogens with one attached hydrogen (secondary N) is 2. The summed E-state index contributed by atoms with van der Waals surface area (Å²) in [5.74, 6) is -0.175. The number of primary amides is 1. The first-order chi connectivity index (χ1) is 14.9. The maximum absolute atomic E-state index is 11.7. The number of amides is 2. The van der Waals surface area contributed by atoms with E-state index in [0.29, 0.717) is 18.9 Å². The number of ketones is 1. The summed E-state index contributed by atoms with van der Waals surface area (Å²) in [5.41, 5.74) is 10.7. The molecule has 32 heavy (non-hydrogen) atoms. The quantitative estimate of drug-likeness (QED) is 0.257. The number of likely N-dealkylation sites (N-methyl/N-ethyl adjacent to an activating group) is 1. The number of Topliss-reactive ketones (excluding diaryl/α,β-unsaturated/α-hetero) is 1. The van der Waals surface area contributed by atoms with Crippen molar-refractivity contribution in [3.05, 3.63) is 0 Å². The third-order valence-electron chi connectivity index (χ3n) is 4.39. The molecule has 0 aromatic carbocycles. The highest BCUT2D eigenvalue weighted by molar-refractivity contribution is 5.90. The third kappa shape index (κ3) is 19.2. The number of nitrogens with zero attached hydrogens (tertiary/aromatic N) is 1. The Morgan fingerprint density at radius 1 is 1.03 bits per heavy atom. The van der Waals surface area contributed by atoms with Gasteiger partial charge in [0, 0.05) is 25.6 Å². The molecule has 0 fully saturated rings. The first kappa shape index (κ1) is 35.0. The van der Waals surface area contributed by atoms with Crippen LogP contribution in [0.5, 0.6) is 0 Å². The number of aliphatic hydroxyl groups is 1. The minimum atomic E-state index is -0.701. The molecule has 192 valence electrons. The Kier molecular flexibility index (Phi) is 23.3. The van der Waals surface area contributed by atoms with Gasteiger partial charge in [-0.25, -0.2) is 0 Å². The van der Waals surface area contributed by atoms with E-state index in [1.54, 1.807) is 13.8 Å². The molecule has 7 N–H and O–H groups in total. The zero-order valence-electron chi connectivity index (χ0n) is 21.9. The van der Waals surface area contributed by atoms with Crippen molar-refractivity contribution in [1.29, 1.82) is 0 Å². The smallest absolute Gasteiger partial charge is 0.234 e. The highest BCUT2D eigenvalue weighted by atomic mass is 16.3. The number of hydrogen-bond donors (Lipinski definition) is 5. The molecule has 3 atom stereocenters. The van der Waals surface area contributed by atoms with Gasteiger partial charge >= 0.3 is 0 Å². The molecule has 0 bridgehead atoms. The normalized spacial score (nSPS) is 13.4. The predicted molar refractivity (Wildman–Crippen MR) is 132 cm³/mol. The lowest BCUT2D eigenvalue weighted by Crippen LogP contribution is -2.46. The van der Waals surface area contributed by atoms with Crippen LogP contribution in [0.3, 0.4) is 0 Å². The fourth-order valence-electron chi connectivity index (χ4n) is 2.72. The van der Waals surface area contributed by atoms with Gasteiger partial charge in [-0.15, -0.1) is 0 Å². The molecule has 0 rings (SSSR count). The van der Waals surface area contributed by atoms with Gasteiger partial charge in [0.1, 0.15) is 0 Å². The number of carbonyl (C=O) groups is 3. The highest BCUT2D eigenvalue weighted by Crippen LogP contribution is 2.04. The topological polar surface area (TPSA) is 151 Å². The van der Waals surface area contributed by atoms with Gasteiger partial charge in [-0.3, -0.25) is 19.3 Å². The van der Waals surface area contributed by atoms with Crippen LogP contribution in [0.2, 0.25) is 0 Å². The standard InChI is InChI=1S/C11H22N2O3.C10H23N3O.C2H6/c1-7(2)11(16)9(4-5-12)13-10(15)6-8(3)14;1-8(2)7-13(6-5-12-4)9(3)10(11)14;1-2/h7-9,14H,4-6,12H2,1-3H3,(H,13,15);8-9,12H,5-7H2,1-4H3,(H2,11,14);1-2H3. The zero-order chi connectivity index (χ0) is 25.9. The van der Waals surface area contributed by atoms with Gasteiger partial charge in [0.05, 0.1) is 24.6 Å². The van der Waals surface area contributed by atoms with Gasteiger partial charge in [-0.05, 0) is 39.8 Å². The number of aliphatic hydroxyl groups excluding tert-OH is 1. The molecule has 0 spiro atoms. The van der Waals surface area contributed by atoms with E-state index in [-0.39, 0.29) is 36.0 Å². The Morgan fingerprint density at radius 2 is 1.56 bits per heavy atom. The van der Waals surface area contributed by atoms with E-state index in [9.17, 15) is 14.4 Å². The van der Waals surface area contributed by atoms with Crippen molar-refractivity contribution >= 4 is 17.6 Å². The summed E-state index contributed by atoms with van der Waals surface area (Å²) in [4.78, 5) is 36.3. The molecule has 2 amide bonds. The summed E-state index contributed by atoms with van der Waals surface area (Å²) < 4.78 is 0. The van der Waals surface area contributed by atoms with Gasteiger partial charge in [0.15, 0.2) is 5.78 Å². The van der Waals surface area contributed by atoms with Crippen molar-refractivity contribution in [3.63, 3.8) is 0 Å². The fraction of sp³-hybridized carbons (Fsp3) is 0.870. The first-order valence-corrected chi connectivity index (χ1v) is 11.8. The number of rotatable bonds is 14. The zero-order valence-corrected chi connectivity index (χ0v) is 21.9. The maximum atomic E-state index is 11.7. The van der Waals surface area contributed by atoms with Crippen LogP contribution in [-0.4, -0.2) is 79.0 Å². The minimum Gasteiger partial charge on any atom is -0.393 e. The average Bonchev–Trinajstić information content (AvgIpc) is 2.70. The molecule has 0 aromatic heterocycles. The Balaban J connectivity index is -0.000000491. The fourth-order valence-corrected chi connectivity index (χ4v) is 2.72. The van der Waals surface area contributed by atoms with Crippen LogP contribution >= 0.6 is 0 Å². The van der Waals surface area contributed by atoms with E-state index >= 15 is 0 Å². The van der Waals surface area contributed by atoms with Crippen LogP contribution in [0, 0.1) is 11.8 Å². The molecule has 0 aliphatic rings. The van der Waals surface area contributed by atoms with E-state index in [0.717, 1.165) is 19.6 Å². The second kappa shape index (κ2) is 21.3. The van der Waals surface area contributed by atoms with Crippen molar-refractivity contribution in [2.75, 3.05) is 33.2 Å². The van der Waals surface area contributed by atoms with E-state index in [1.807, 2.05) is 27.8 Å². The molecule has 0 radical (unpaired) electrons. The summed E-state index contributed by atoms with van der Waals surface area (Å²) >= 11 is 0. The molecule has 9 heteroatoms. The summed E-state index contributed by atoms with van der Waals surface area (Å²) in [7, 11) is 1.91. The molecule has 3 unspecified atom stereocenters. The molecule has 0 heterocycles. The predicted octanol–water partition coefficient (Wildman–Crippen LogP) is 0.880. The molecule has 0 saturated heterocycles. The molecular weight excluding hydrogens is 410 g/mol. The van der Waals surface area contributed by atoms with Crippen LogP contribution in [0.1, 0.15) is 68.2 Å². The van der Waals surface area contributed by atoms with Gasteiger partial charge in [0.25, 0.3) is 0 Å². The van der Waals surface area contributed by atoms with E-state index in [1.165, 1.54) is 6.92 Å². The molecular formula is C23H51N5O4. The Hall–Kier alpha value is -1.55. The van der Waals surface area contributed by atoms with Crippen molar-refractivity contribution < 1.29 is 19.5 Å². The minimum absolute atomic E-state index is 0.00640. The lowest BCUT2D eigenvalue weighted by Gasteiger charge is -2.28. The second-order valence-electron chi connectivity index (χ2n) is 8.38. The van der Waals surface area contributed by atoms with Crippen molar-refractivity contribution in [1.82, 2.24) is 15.5 Å². The van der Waals surface area contributed by atoms with Gasteiger partial charge < -0.3 is 27.2 Å². The number of hydrogen-bond acceptors (Lipinski definition) is 7. The Morgan fingerprint density at radius 3 is 1.91 bits per heavy atom. The van der Waals surface area contributed by atoms with E-state index in [2.05, 4.69) is 29.4 Å². The molecule has 9 nitrogen and oxygen atoms in total. The van der Waals surface area contributed by atoms with E-state index < -0.39 is 12.1 Å². The van der Waals surface area contributed by atoms with Crippen LogP contribution in [-0.2, 0) is 14.4 Å². The van der Waals surface area contributed by atoms with Crippen LogP contribution in [0.15, 0.2) is 0 Å². The Labute approximate surface area is 196 Å². The lowest BCUT2D eigenvalue weighted by atomic mass is 9.99. The van der Waals surface area contributed by atoms with Gasteiger partial charge in [-0.1, -0.05) is 41.5 Å². The van der Waals surface area contributed by atoms with Crippen LogP contribution < -0.4 is 22.1 Å². The van der Waals surface area contributed by atoms with Crippen LogP contribution in [0.25, 0.3) is 0 Å². The summed E-state index contributed by atoms with van der Waals surface area (Å²) in [6.07, 6.45) is -0.262. The van der Waals surface area contributed by atoms with E-state index in [4.69, 9.17) is 16.6 Å². The first-order valence-electron chi connectivity index (χ1n) is 11.8. The lowest BCUT2D eigenvalue weighted by molar-refractivity contribution is -0.130. The molecule has 0 aromatic rings. The van der Waals surface area contributed by atoms with Crippen molar-refractivity contribution in [3.8, 4) is 0 Å². The van der Waals surface area contributed by atoms with Gasteiger partial charge in [0.2, 0.25) is 11.8 Å².